The maximum absolute atomic E-state index is 7.38. The second kappa shape index (κ2) is 16.0. The van der Waals surface area contributed by atoms with Crippen LogP contribution in [0.4, 0.5) is 51.2 Å². The van der Waals surface area contributed by atoms with Crippen LogP contribution in [0.15, 0.2) is 221 Å². The largest absolute Gasteiger partial charge is 0.454 e. The molecule has 5 nitrogen and oxygen atoms in total. The maximum atomic E-state index is 7.38. The Bertz CT molecular complexity index is 4110. The highest BCUT2D eigenvalue weighted by Gasteiger charge is 2.54. The van der Waals surface area contributed by atoms with Crippen molar-refractivity contribution in [2.75, 3.05) is 14.7 Å². The third-order valence-electron chi connectivity index (χ3n) is 16.9. The van der Waals surface area contributed by atoms with Crippen molar-refractivity contribution in [3.05, 3.63) is 223 Å². The number of nitrogens with zero attached hydrogens (tertiary/aromatic N) is 3. The molecule has 0 amide bonds. The molecule has 7 heteroatoms. The fraction of sp³-hybridized carbons (Fsp3) is 0.130. The summed E-state index contributed by atoms with van der Waals surface area (Å²) in [5, 5.41) is 8.76. The van der Waals surface area contributed by atoms with Crippen molar-refractivity contribution in [1.29, 1.82) is 0 Å². The van der Waals surface area contributed by atoms with E-state index in [-0.39, 0.29) is 17.5 Å². The van der Waals surface area contributed by atoms with Crippen LogP contribution < -0.4 is 46.6 Å². The van der Waals surface area contributed by atoms with Crippen molar-refractivity contribution in [2.24, 2.45) is 0 Å². The summed E-state index contributed by atoms with van der Waals surface area (Å²) in [6.07, 6.45) is 0. The summed E-state index contributed by atoms with van der Waals surface area (Å²) < 4.78 is 14.8. The third kappa shape index (κ3) is 6.20. The fourth-order valence-corrected chi connectivity index (χ4v) is 17.8. The molecule has 0 saturated carbocycles. The zero-order chi connectivity index (χ0) is 51.4. The van der Waals surface area contributed by atoms with Gasteiger partial charge in [0, 0.05) is 66.8 Å². The molecule has 0 saturated heterocycles. The SMILES string of the molecule is CC(C)(C)c1cccc2c1oc1c(N3c4cc(N(c5ccccc5)c5ccccc5)cc5c4B4c6c3cccc6[Si](C)(c3ccccc3)c3cccc(c34)N5c3cccc4c3oc3c(C(C)(C)C)cccc34)cccc12. The number of anilines is 9. The summed E-state index contributed by atoms with van der Waals surface area (Å²) in [5.41, 5.74) is 19.6. The number of hydrogen-bond acceptors (Lipinski definition) is 5. The van der Waals surface area contributed by atoms with Gasteiger partial charge in [-0.05, 0) is 93.1 Å². The molecule has 3 aliphatic rings. The van der Waals surface area contributed by atoms with E-state index in [2.05, 4.69) is 275 Å². The van der Waals surface area contributed by atoms with E-state index in [1.165, 1.54) is 54.5 Å². The van der Waals surface area contributed by atoms with Gasteiger partial charge in [0.2, 0.25) is 0 Å². The van der Waals surface area contributed by atoms with Crippen LogP contribution in [0.5, 0.6) is 0 Å². The zero-order valence-corrected chi connectivity index (χ0v) is 44.9. The molecule has 76 heavy (non-hydrogen) atoms. The zero-order valence-electron chi connectivity index (χ0n) is 43.9. The predicted molar refractivity (Wildman–Crippen MR) is 324 cm³/mol. The van der Waals surface area contributed by atoms with Crippen LogP contribution in [-0.2, 0) is 10.8 Å². The van der Waals surface area contributed by atoms with Gasteiger partial charge in [0.15, 0.2) is 11.2 Å². The van der Waals surface area contributed by atoms with E-state index in [0.29, 0.717) is 0 Å². The van der Waals surface area contributed by atoms with Crippen LogP contribution in [0, 0.1) is 0 Å². The van der Waals surface area contributed by atoms with Gasteiger partial charge in [0.05, 0.1) is 17.1 Å². The second-order valence-corrected chi connectivity index (χ2v) is 27.3. The minimum atomic E-state index is -2.74. The van der Waals surface area contributed by atoms with E-state index in [4.69, 9.17) is 8.83 Å². The normalized spacial score (nSPS) is 14.3. The lowest BCUT2D eigenvalue weighted by molar-refractivity contribution is 0.572. The number of hydrogen-bond donors (Lipinski definition) is 0. The molecule has 366 valence electrons. The van der Waals surface area contributed by atoms with Crippen molar-refractivity contribution in [2.45, 2.75) is 58.9 Å². The van der Waals surface area contributed by atoms with Gasteiger partial charge in [0.1, 0.15) is 19.2 Å². The number of para-hydroxylation sites is 6. The van der Waals surface area contributed by atoms with Crippen molar-refractivity contribution in [3.63, 3.8) is 0 Å². The lowest BCUT2D eigenvalue weighted by atomic mass is 9.33. The molecule has 0 spiro atoms. The molecule has 15 rings (SSSR count). The Morgan fingerprint density at radius 3 is 1.18 bits per heavy atom. The molecule has 3 aliphatic heterocycles. The first-order chi connectivity index (χ1) is 36.9. The lowest BCUT2D eigenvalue weighted by Crippen LogP contribution is -2.83. The standard InChI is InChI=1S/C69H56BN3O2Si/c1-68(2,3)51-33-17-29-47-49-31-19-37-55(66(49)74-64(47)51)72-53-35-21-39-59-62(53)70-61-57(72)41-45(71(43-23-11-8-12-24-43)44-25-13-9-14-26-44)42-58(61)73(54-36-22-40-60(63(54)70)76(59,7)46-27-15-10-16-28-46)56-38-20-32-50-48-30-18-34-52(69(4,5)6)65(48)75-67(50)56/h8-42H,1-7H3. The molecule has 0 aliphatic carbocycles. The van der Waals surface area contributed by atoms with E-state index >= 15 is 0 Å². The van der Waals surface area contributed by atoms with Crippen molar-refractivity contribution >= 4 is 142 Å². The van der Waals surface area contributed by atoms with E-state index < -0.39 is 8.07 Å². The van der Waals surface area contributed by atoms with Crippen LogP contribution in [0.25, 0.3) is 43.9 Å². The first kappa shape index (κ1) is 44.9. The van der Waals surface area contributed by atoms with Crippen LogP contribution in [0.2, 0.25) is 6.55 Å². The van der Waals surface area contributed by atoms with Gasteiger partial charge in [-0.25, -0.2) is 0 Å². The Balaban J connectivity index is 1.12. The van der Waals surface area contributed by atoms with E-state index in [9.17, 15) is 0 Å². The van der Waals surface area contributed by atoms with Crippen molar-refractivity contribution < 1.29 is 8.83 Å². The van der Waals surface area contributed by atoms with Crippen molar-refractivity contribution in [1.82, 2.24) is 0 Å². The number of benzene rings is 10. The van der Waals surface area contributed by atoms with Gasteiger partial charge in [-0.1, -0.05) is 210 Å². The molecule has 10 aromatic carbocycles. The molecule has 5 heterocycles. The topological polar surface area (TPSA) is 36.0 Å². The Hall–Kier alpha value is -8.52. The van der Waals surface area contributed by atoms with Crippen LogP contribution in [-0.4, -0.2) is 14.8 Å². The van der Waals surface area contributed by atoms with Gasteiger partial charge in [-0.2, -0.15) is 0 Å². The van der Waals surface area contributed by atoms with E-state index in [0.717, 1.165) is 83.7 Å². The third-order valence-corrected chi connectivity index (χ3v) is 21.5. The number of furan rings is 2. The Morgan fingerprint density at radius 2 is 0.750 bits per heavy atom. The molecule has 0 bridgehead atoms. The van der Waals surface area contributed by atoms with Crippen molar-refractivity contribution in [3.8, 4) is 0 Å². The average molecular weight is 998 g/mol. The molecule has 0 radical (unpaired) electrons. The van der Waals surface area contributed by atoms with Gasteiger partial charge in [-0.3, -0.25) is 0 Å². The van der Waals surface area contributed by atoms with Crippen LogP contribution >= 0.6 is 0 Å². The summed E-state index contributed by atoms with van der Waals surface area (Å²) >= 11 is 0. The van der Waals surface area contributed by atoms with Gasteiger partial charge in [-0.15, -0.1) is 0 Å². The first-order valence-corrected chi connectivity index (χ1v) is 29.3. The van der Waals surface area contributed by atoms with E-state index in [1.54, 1.807) is 0 Å². The second-order valence-electron chi connectivity index (χ2n) is 23.4. The molecule has 0 fully saturated rings. The molecule has 0 atom stereocenters. The molecule has 0 N–H and O–H groups in total. The van der Waals surface area contributed by atoms with Gasteiger partial charge >= 0.3 is 0 Å². The smallest absolute Gasteiger partial charge is 0.251 e. The Morgan fingerprint density at radius 1 is 0.368 bits per heavy atom. The maximum Gasteiger partial charge on any atom is 0.251 e. The minimum absolute atomic E-state index is 0.0696. The van der Waals surface area contributed by atoms with Gasteiger partial charge in [0.25, 0.3) is 6.71 Å². The number of rotatable bonds is 6. The summed E-state index contributed by atoms with van der Waals surface area (Å²) in [6, 6.07) is 79.1. The average Bonchev–Trinajstić information content (AvgIpc) is 4.16. The Kier molecular flexibility index (Phi) is 9.46. The highest BCUT2D eigenvalue weighted by atomic mass is 28.3. The summed E-state index contributed by atoms with van der Waals surface area (Å²) in [6.45, 7) is 16.2. The van der Waals surface area contributed by atoms with Crippen LogP contribution in [0.1, 0.15) is 52.7 Å². The minimum Gasteiger partial charge on any atom is -0.454 e. The molecule has 12 aromatic rings. The van der Waals surface area contributed by atoms with E-state index in [1.807, 2.05) is 0 Å². The lowest BCUT2D eigenvalue weighted by Gasteiger charge is -2.50. The summed E-state index contributed by atoms with van der Waals surface area (Å²) in [7, 11) is -2.74. The quantitative estimate of drug-likeness (QED) is 0.155. The predicted octanol–water partition coefficient (Wildman–Crippen LogP) is 15.0. The summed E-state index contributed by atoms with van der Waals surface area (Å²) in [4.78, 5) is 7.56. The molecular formula is C69H56BN3O2Si. The Labute approximate surface area is 445 Å². The van der Waals surface area contributed by atoms with Crippen LogP contribution in [0.3, 0.4) is 0 Å². The molecule has 0 unspecified atom stereocenters. The van der Waals surface area contributed by atoms with Gasteiger partial charge < -0.3 is 23.5 Å². The highest BCUT2D eigenvalue weighted by Crippen LogP contribution is 2.52. The first-order valence-electron chi connectivity index (χ1n) is 26.8. The number of fused-ring (bicyclic) bond motifs is 6. The highest BCUT2D eigenvalue weighted by molar-refractivity contribution is 7.21. The molecule has 2 aromatic heterocycles. The molecular weight excluding hydrogens is 942 g/mol. The summed E-state index contributed by atoms with van der Waals surface area (Å²) in [5.74, 6) is 0. The monoisotopic (exact) mass is 997 g/mol. The fourth-order valence-electron chi connectivity index (χ4n) is 13.6.